The molecule has 4 aliphatic heterocycles. The molecule has 0 aromatic carbocycles. The molecule has 2 saturated heterocycles. The van der Waals surface area contributed by atoms with Crippen LogP contribution in [0, 0.1) is 11.3 Å². The van der Waals surface area contributed by atoms with Gasteiger partial charge < -0.3 is 38.9 Å². The lowest BCUT2D eigenvalue weighted by molar-refractivity contribution is 0.00819. The van der Waals surface area contributed by atoms with Crippen LogP contribution in [0.4, 0.5) is 44.5 Å². The summed E-state index contributed by atoms with van der Waals surface area (Å²) in [6, 6.07) is 7.62. The van der Waals surface area contributed by atoms with Crippen molar-refractivity contribution >= 4 is 52.7 Å². The second-order valence-corrected chi connectivity index (χ2v) is 22.6. The van der Waals surface area contributed by atoms with Gasteiger partial charge in [-0.25, -0.2) is 44.5 Å². The highest BCUT2D eigenvalue weighted by Crippen LogP contribution is 2.58. The fourth-order valence-electron chi connectivity index (χ4n) is 12.1. The van der Waals surface area contributed by atoms with Crippen LogP contribution in [0.5, 0.6) is 0 Å². The number of hydrogen-bond donors (Lipinski definition) is 0. The van der Waals surface area contributed by atoms with Gasteiger partial charge in [-0.1, -0.05) is 12.8 Å². The molecule has 71 heavy (non-hydrogen) atoms. The fraction of sp³-hybridized carbons (Fsp3) is 0.577. The molecule has 19 nitrogen and oxygen atoms in total. The molecule has 2 aliphatic carbocycles. The van der Waals surface area contributed by atoms with Crippen LogP contribution in [0.3, 0.4) is 0 Å². The predicted molar refractivity (Wildman–Crippen MR) is 268 cm³/mol. The Bertz CT molecular complexity index is 2940. The number of amides is 2. The number of carbonyl (C=O) groups is 2. The van der Waals surface area contributed by atoms with E-state index in [1.165, 1.54) is 5.56 Å². The predicted octanol–water partition coefficient (Wildman–Crippen LogP) is 7.62. The molecule has 372 valence electrons. The van der Waals surface area contributed by atoms with E-state index < -0.39 is 11.2 Å². The summed E-state index contributed by atoms with van der Waals surface area (Å²) >= 11 is 0. The van der Waals surface area contributed by atoms with Crippen molar-refractivity contribution in [2.45, 2.75) is 147 Å². The van der Waals surface area contributed by atoms with Gasteiger partial charge in [0, 0.05) is 111 Å². The van der Waals surface area contributed by atoms with Crippen LogP contribution in [0.1, 0.15) is 123 Å². The van der Waals surface area contributed by atoms with Gasteiger partial charge in [-0.2, -0.15) is 5.26 Å². The quantitative estimate of drug-likeness (QED) is 0.155. The number of carbonyl (C=O) groups excluding carboxylic acids is 2. The number of pyridine rings is 1. The second-order valence-electron chi connectivity index (χ2n) is 22.6. The van der Waals surface area contributed by atoms with Gasteiger partial charge in [0.1, 0.15) is 70.7 Å². The van der Waals surface area contributed by atoms with Crippen LogP contribution in [-0.4, -0.2) is 136 Å². The number of anilines is 6. The van der Waals surface area contributed by atoms with Crippen molar-refractivity contribution < 1.29 is 19.1 Å². The molecule has 2 amide bonds. The lowest BCUT2D eigenvalue weighted by atomic mass is 9.66. The Labute approximate surface area is 415 Å². The molecule has 2 spiro atoms. The summed E-state index contributed by atoms with van der Waals surface area (Å²) in [6.07, 6.45) is 15.7. The monoisotopic (exact) mass is 964 g/mol. The molecule has 3 atom stereocenters. The minimum absolute atomic E-state index is 0.0205. The molecule has 4 fully saturated rings. The number of fused-ring (bicyclic) bond motifs is 5. The normalized spacial score (nSPS) is 22.5. The van der Waals surface area contributed by atoms with Gasteiger partial charge in [0.25, 0.3) is 0 Å². The van der Waals surface area contributed by atoms with E-state index in [0.717, 1.165) is 116 Å². The third-order valence-electron chi connectivity index (χ3n) is 15.8. The van der Waals surface area contributed by atoms with E-state index in [4.69, 9.17) is 39.4 Å². The van der Waals surface area contributed by atoms with E-state index in [1.807, 2.05) is 67.1 Å². The molecule has 5 aromatic rings. The SMILES string of the molecule is CC1CN(c2ncnc3c2C2(CCC2)CN3c2cc(C#N)ccn2)CCCN1C(=O)OC(C)(C)Cc1cn2cnc(N3CC4(CCC4)c4c3ncnc4N3C[C@@H](C)N(C(=O)OC(C)(C)C)C[C@@H]3C)cc2n1. The number of ether oxygens (including phenoxy) is 2. The third kappa shape index (κ3) is 8.26. The van der Waals surface area contributed by atoms with E-state index in [1.54, 1.807) is 31.2 Å². The van der Waals surface area contributed by atoms with Gasteiger partial charge in [0.05, 0.1) is 17.3 Å². The summed E-state index contributed by atoms with van der Waals surface area (Å²) in [5.41, 5.74) is 2.82. The Kier molecular flexibility index (Phi) is 11.3. The molecule has 0 radical (unpaired) electrons. The van der Waals surface area contributed by atoms with Gasteiger partial charge >= 0.3 is 12.2 Å². The number of imidazole rings is 1. The van der Waals surface area contributed by atoms with Crippen LogP contribution in [0.15, 0.2) is 49.6 Å². The van der Waals surface area contributed by atoms with E-state index in [9.17, 15) is 14.9 Å². The van der Waals surface area contributed by atoms with Gasteiger partial charge in [-0.15, -0.1) is 0 Å². The molecule has 0 N–H and O–H groups in total. The van der Waals surface area contributed by atoms with Gasteiger partial charge in [-0.3, -0.25) is 4.40 Å². The van der Waals surface area contributed by atoms with Gasteiger partial charge in [0.15, 0.2) is 0 Å². The molecule has 9 heterocycles. The number of hydrogen-bond acceptors (Lipinski definition) is 16. The first-order chi connectivity index (χ1) is 33.9. The van der Waals surface area contributed by atoms with Crippen molar-refractivity contribution in [2.24, 2.45) is 0 Å². The van der Waals surface area contributed by atoms with Crippen LogP contribution in [0.2, 0.25) is 0 Å². The molecule has 11 rings (SSSR count). The van der Waals surface area contributed by atoms with Gasteiger partial charge in [-0.05, 0) is 99.6 Å². The average Bonchev–Trinajstić information content (AvgIpc) is 3.95. The zero-order chi connectivity index (χ0) is 49.6. The van der Waals surface area contributed by atoms with Crippen molar-refractivity contribution in [1.82, 2.24) is 49.1 Å². The maximum Gasteiger partial charge on any atom is 0.410 e. The number of nitriles is 1. The average molecular weight is 964 g/mol. The summed E-state index contributed by atoms with van der Waals surface area (Å²) < 4.78 is 14.0. The number of aromatic nitrogens is 8. The fourth-order valence-corrected chi connectivity index (χ4v) is 12.1. The Morgan fingerprint density at radius 1 is 0.718 bits per heavy atom. The number of rotatable bonds is 7. The number of nitrogens with zero attached hydrogens (tertiary/aromatic N) is 15. The highest BCUT2D eigenvalue weighted by Gasteiger charge is 2.53. The lowest BCUT2D eigenvalue weighted by Crippen LogP contribution is -2.59. The third-order valence-corrected chi connectivity index (χ3v) is 15.8. The first-order valence-electron chi connectivity index (χ1n) is 25.4. The molecule has 5 aromatic heterocycles. The summed E-state index contributed by atoms with van der Waals surface area (Å²) in [7, 11) is 0. The minimum Gasteiger partial charge on any atom is -0.444 e. The van der Waals surface area contributed by atoms with E-state index in [-0.39, 0.29) is 41.1 Å². The molecule has 0 bridgehead atoms. The maximum atomic E-state index is 14.1. The van der Waals surface area contributed by atoms with Gasteiger partial charge in [0.2, 0.25) is 0 Å². The minimum atomic E-state index is -0.855. The summed E-state index contributed by atoms with van der Waals surface area (Å²) in [4.78, 5) is 74.3. The molecule has 19 heteroatoms. The van der Waals surface area contributed by atoms with Crippen LogP contribution in [-0.2, 0) is 26.7 Å². The summed E-state index contributed by atoms with van der Waals surface area (Å²) in [5, 5.41) is 9.61. The van der Waals surface area contributed by atoms with E-state index in [0.29, 0.717) is 38.2 Å². The second kappa shape index (κ2) is 17.2. The number of piperazine rings is 1. The largest absolute Gasteiger partial charge is 0.444 e. The van der Waals surface area contributed by atoms with Crippen LogP contribution < -0.4 is 19.6 Å². The van der Waals surface area contributed by atoms with Crippen molar-refractivity contribution in [3.63, 3.8) is 0 Å². The van der Waals surface area contributed by atoms with Crippen molar-refractivity contribution in [3.8, 4) is 6.07 Å². The molecular weight excluding hydrogens is 899 g/mol. The van der Waals surface area contributed by atoms with Crippen molar-refractivity contribution in [3.05, 3.63) is 72.0 Å². The topological polar surface area (TPSA) is 190 Å². The van der Waals surface area contributed by atoms with E-state index >= 15 is 0 Å². The Balaban J connectivity index is 0.772. The first kappa shape index (κ1) is 46.5. The van der Waals surface area contributed by atoms with Crippen molar-refractivity contribution in [2.75, 3.05) is 65.4 Å². The van der Waals surface area contributed by atoms with E-state index in [2.05, 4.69) is 51.4 Å². The van der Waals surface area contributed by atoms with Crippen LogP contribution >= 0.6 is 0 Å². The highest BCUT2D eigenvalue weighted by molar-refractivity contribution is 5.77. The highest BCUT2D eigenvalue weighted by atomic mass is 16.6. The van der Waals surface area contributed by atoms with Crippen molar-refractivity contribution in [1.29, 1.82) is 5.26 Å². The smallest absolute Gasteiger partial charge is 0.410 e. The maximum absolute atomic E-state index is 14.1. The zero-order valence-corrected chi connectivity index (χ0v) is 42.3. The molecule has 1 unspecified atom stereocenters. The Morgan fingerprint density at radius 3 is 1.99 bits per heavy atom. The molecule has 2 saturated carbocycles. The standard InChI is InChI=1S/C52H65N15O4/c1-33-24-61(43-41-45(57-30-55-43)66(28-51(41)13-9-14-51)38-20-36(23-53)12-17-54-38)18-11-19-63(33)47(68)71-50(7,8)22-37-27-62-32-59-39(21-40(62)60-37)67-29-52(15-10-16-52)42-44(56-31-58-46(42)67)64-25-35(3)65(26-34(64)2)48(69)70-49(4,5)6/h12,17,20-21,27,30-35H,9-11,13-16,18-19,22,24-26,28-29H2,1-8H3/t33?,34-,35+/m0/s1. The molecular formula is C52H65N15O4. The molecule has 6 aliphatic rings. The lowest BCUT2D eigenvalue weighted by Gasteiger charge is -2.46. The van der Waals surface area contributed by atoms with Crippen LogP contribution in [0.25, 0.3) is 5.65 Å². The summed E-state index contributed by atoms with van der Waals surface area (Å²) in [6.45, 7) is 20.4. The zero-order valence-electron chi connectivity index (χ0n) is 42.3. The Hall–Kier alpha value is -6.84. The first-order valence-corrected chi connectivity index (χ1v) is 25.4. The Morgan fingerprint density at radius 2 is 1.34 bits per heavy atom. The summed E-state index contributed by atoms with van der Waals surface area (Å²) in [5.74, 6) is 5.08.